The molecule has 0 radical (unpaired) electrons. The molecule has 2 aromatic rings. The molecule has 0 N–H and O–H groups in total. The first-order chi connectivity index (χ1) is 9.19. The van der Waals surface area contributed by atoms with E-state index in [1.165, 1.54) is 6.33 Å². The molecular formula is C15H15N3O. The lowest BCUT2D eigenvalue weighted by molar-refractivity contribution is 0.411. The van der Waals surface area contributed by atoms with Crippen LogP contribution in [0.15, 0.2) is 30.7 Å². The lowest BCUT2D eigenvalue weighted by atomic mass is 9.90. The number of aromatic nitrogens is 2. The predicted octanol–water partition coefficient (Wildman–Crippen LogP) is 2.76. The summed E-state index contributed by atoms with van der Waals surface area (Å²) >= 11 is 0. The molecule has 1 atom stereocenters. The molecule has 0 spiro atoms. The molecule has 0 aliphatic heterocycles. The SMILES string of the molecule is COc1ccc(C(C#N)c2ccncn2)c(C)c1C. The third-order valence-corrected chi connectivity index (χ3v) is 3.34. The number of methoxy groups -OCH3 is 1. The summed E-state index contributed by atoms with van der Waals surface area (Å²) in [5.41, 5.74) is 3.78. The molecule has 1 aromatic carbocycles. The van der Waals surface area contributed by atoms with E-state index in [1.807, 2.05) is 26.0 Å². The van der Waals surface area contributed by atoms with Gasteiger partial charge in [-0.2, -0.15) is 5.26 Å². The van der Waals surface area contributed by atoms with Gasteiger partial charge in [0.05, 0.1) is 18.9 Å². The number of nitrogens with zero attached hydrogens (tertiary/aromatic N) is 3. The van der Waals surface area contributed by atoms with Crippen LogP contribution in [0.3, 0.4) is 0 Å². The normalized spacial score (nSPS) is 11.7. The van der Waals surface area contributed by atoms with E-state index in [0.717, 1.165) is 22.4 Å². The summed E-state index contributed by atoms with van der Waals surface area (Å²) in [5.74, 6) is 0.452. The molecule has 2 rings (SSSR count). The van der Waals surface area contributed by atoms with Crippen LogP contribution in [-0.4, -0.2) is 17.1 Å². The third kappa shape index (κ3) is 2.41. The highest BCUT2D eigenvalue weighted by molar-refractivity contribution is 5.48. The zero-order valence-electron chi connectivity index (χ0n) is 11.2. The van der Waals surface area contributed by atoms with Gasteiger partial charge in [-0.1, -0.05) is 6.07 Å². The number of hydrogen-bond donors (Lipinski definition) is 0. The van der Waals surface area contributed by atoms with Gasteiger partial charge in [-0.25, -0.2) is 9.97 Å². The van der Waals surface area contributed by atoms with Gasteiger partial charge < -0.3 is 4.74 Å². The summed E-state index contributed by atoms with van der Waals surface area (Å²) in [6.45, 7) is 3.99. The lowest BCUT2D eigenvalue weighted by Gasteiger charge is -2.16. The van der Waals surface area contributed by atoms with Crippen molar-refractivity contribution < 1.29 is 4.74 Å². The van der Waals surface area contributed by atoms with Gasteiger partial charge >= 0.3 is 0 Å². The Hall–Kier alpha value is -2.41. The number of nitriles is 1. The van der Waals surface area contributed by atoms with Crippen LogP contribution in [0.4, 0.5) is 0 Å². The van der Waals surface area contributed by atoms with Gasteiger partial charge in [0.15, 0.2) is 0 Å². The summed E-state index contributed by atoms with van der Waals surface area (Å²) < 4.78 is 5.29. The highest BCUT2D eigenvalue weighted by atomic mass is 16.5. The second kappa shape index (κ2) is 5.49. The number of hydrogen-bond acceptors (Lipinski definition) is 4. The first-order valence-corrected chi connectivity index (χ1v) is 5.98. The van der Waals surface area contributed by atoms with E-state index in [2.05, 4.69) is 16.0 Å². The fourth-order valence-corrected chi connectivity index (χ4v) is 2.12. The zero-order valence-corrected chi connectivity index (χ0v) is 11.2. The van der Waals surface area contributed by atoms with Crippen molar-refractivity contribution in [2.24, 2.45) is 0 Å². The van der Waals surface area contributed by atoms with Gasteiger partial charge in [0.1, 0.15) is 18.0 Å². The van der Waals surface area contributed by atoms with Crippen LogP contribution < -0.4 is 4.74 Å². The topological polar surface area (TPSA) is 58.8 Å². The second-order valence-corrected chi connectivity index (χ2v) is 4.30. The van der Waals surface area contributed by atoms with Crippen molar-refractivity contribution >= 4 is 0 Å². The fourth-order valence-electron chi connectivity index (χ4n) is 2.12. The van der Waals surface area contributed by atoms with Gasteiger partial charge in [0, 0.05) is 6.20 Å². The van der Waals surface area contributed by atoms with Crippen molar-refractivity contribution in [2.45, 2.75) is 19.8 Å². The van der Waals surface area contributed by atoms with Gasteiger partial charge in [-0.15, -0.1) is 0 Å². The molecular weight excluding hydrogens is 238 g/mol. The standard InChI is InChI=1S/C15H15N3O/c1-10-11(2)15(19-3)5-4-12(10)13(8-16)14-6-7-17-9-18-14/h4-7,9,13H,1-3H3. The van der Waals surface area contributed by atoms with Crippen molar-refractivity contribution in [3.8, 4) is 11.8 Å². The molecule has 4 nitrogen and oxygen atoms in total. The molecule has 0 fully saturated rings. The fraction of sp³-hybridized carbons (Fsp3) is 0.267. The molecule has 19 heavy (non-hydrogen) atoms. The Bertz CT molecular complexity index is 617. The smallest absolute Gasteiger partial charge is 0.122 e. The van der Waals surface area contributed by atoms with Crippen molar-refractivity contribution in [3.63, 3.8) is 0 Å². The number of ether oxygens (including phenoxy) is 1. The largest absolute Gasteiger partial charge is 0.496 e. The molecule has 0 amide bonds. The molecule has 0 bridgehead atoms. The van der Waals surface area contributed by atoms with Crippen LogP contribution in [0.25, 0.3) is 0 Å². The Morgan fingerprint density at radius 3 is 2.58 bits per heavy atom. The van der Waals surface area contributed by atoms with Gasteiger partial charge in [0.25, 0.3) is 0 Å². The summed E-state index contributed by atoms with van der Waals surface area (Å²) in [7, 11) is 1.65. The Labute approximate surface area is 112 Å². The van der Waals surface area contributed by atoms with E-state index < -0.39 is 0 Å². The van der Waals surface area contributed by atoms with E-state index in [4.69, 9.17) is 4.74 Å². The highest BCUT2D eigenvalue weighted by Crippen LogP contribution is 2.31. The summed E-state index contributed by atoms with van der Waals surface area (Å²) in [4.78, 5) is 8.06. The van der Waals surface area contributed by atoms with Crippen LogP contribution in [0, 0.1) is 25.2 Å². The number of benzene rings is 1. The highest BCUT2D eigenvalue weighted by Gasteiger charge is 2.19. The van der Waals surface area contributed by atoms with Crippen molar-refractivity contribution in [1.82, 2.24) is 9.97 Å². The van der Waals surface area contributed by atoms with E-state index in [1.54, 1.807) is 19.4 Å². The van der Waals surface area contributed by atoms with Crippen molar-refractivity contribution in [3.05, 3.63) is 53.1 Å². The van der Waals surface area contributed by atoms with E-state index in [9.17, 15) is 5.26 Å². The van der Waals surface area contributed by atoms with Gasteiger partial charge in [0.2, 0.25) is 0 Å². The monoisotopic (exact) mass is 253 g/mol. The second-order valence-electron chi connectivity index (χ2n) is 4.30. The maximum Gasteiger partial charge on any atom is 0.122 e. The van der Waals surface area contributed by atoms with Gasteiger partial charge in [-0.05, 0) is 42.7 Å². The Morgan fingerprint density at radius 1 is 1.21 bits per heavy atom. The summed E-state index contributed by atoms with van der Waals surface area (Å²) in [5, 5.41) is 9.43. The molecule has 1 heterocycles. The minimum absolute atomic E-state index is 0.382. The Kier molecular flexibility index (Phi) is 3.76. The van der Waals surface area contributed by atoms with Crippen LogP contribution in [-0.2, 0) is 0 Å². The Balaban J connectivity index is 2.52. The molecule has 0 saturated carbocycles. The summed E-state index contributed by atoms with van der Waals surface area (Å²) in [6, 6.07) is 7.90. The van der Waals surface area contributed by atoms with E-state index in [0.29, 0.717) is 5.69 Å². The van der Waals surface area contributed by atoms with Crippen molar-refractivity contribution in [1.29, 1.82) is 5.26 Å². The van der Waals surface area contributed by atoms with E-state index in [-0.39, 0.29) is 5.92 Å². The average Bonchev–Trinajstić information content (AvgIpc) is 2.45. The molecule has 96 valence electrons. The first kappa shape index (κ1) is 13.0. The van der Waals surface area contributed by atoms with Crippen LogP contribution >= 0.6 is 0 Å². The van der Waals surface area contributed by atoms with Crippen LogP contribution in [0.2, 0.25) is 0 Å². The molecule has 4 heteroatoms. The molecule has 0 aliphatic carbocycles. The quantitative estimate of drug-likeness (QED) is 0.844. The predicted molar refractivity (Wildman–Crippen MR) is 72.0 cm³/mol. The maximum absolute atomic E-state index is 9.43. The average molecular weight is 253 g/mol. The van der Waals surface area contributed by atoms with Crippen molar-refractivity contribution in [2.75, 3.05) is 7.11 Å². The minimum atomic E-state index is -0.382. The Morgan fingerprint density at radius 2 is 2.00 bits per heavy atom. The van der Waals surface area contributed by atoms with Crippen LogP contribution in [0.1, 0.15) is 28.3 Å². The van der Waals surface area contributed by atoms with E-state index >= 15 is 0 Å². The maximum atomic E-state index is 9.43. The summed E-state index contributed by atoms with van der Waals surface area (Å²) in [6.07, 6.45) is 3.11. The number of rotatable bonds is 3. The lowest BCUT2D eigenvalue weighted by Crippen LogP contribution is -2.05. The third-order valence-electron chi connectivity index (χ3n) is 3.34. The molecule has 0 saturated heterocycles. The van der Waals surface area contributed by atoms with Crippen LogP contribution in [0.5, 0.6) is 5.75 Å². The molecule has 1 unspecified atom stereocenters. The zero-order chi connectivity index (χ0) is 13.8. The van der Waals surface area contributed by atoms with Gasteiger partial charge in [-0.3, -0.25) is 0 Å². The molecule has 1 aromatic heterocycles. The molecule has 0 aliphatic rings. The first-order valence-electron chi connectivity index (χ1n) is 5.98. The minimum Gasteiger partial charge on any atom is -0.496 e.